The number of nitrogens with zero attached hydrogens (tertiary/aromatic N) is 1. The Balaban J connectivity index is 2.04. The Hall–Kier alpha value is -1.96. The molecule has 1 atom stereocenters. The number of nitrogens with one attached hydrogen (secondary N) is 1. The number of ether oxygens (including phenoxy) is 1. The number of amides is 1. The Morgan fingerprint density at radius 3 is 2.82 bits per heavy atom. The minimum atomic E-state index is -0.564. The van der Waals surface area contributed by atoms with Crippen molar-refractivity contribution in [1.29, 1.82) is 0 Å². The van der Waals surface area contributed by atoms with Crippen molar-refractivity contribution in [2.75, 3.05) is 13.7 Å². The van der Waals surface area contributed by atoms with Gasteiger partial charge in [0.2, 0.25) is 0 Å². The summed E-state index contributed by atoms with van der Waals surface area (Å²) in [5, 5.41) is 17.3. The van der Waals surface area contributed by atoms with Crippen LogP contribution in [0.4, 0.5) is 5.69 Å². The molecule has 0 radical (unpaired) electrons. The molecule has 1 aromatic heterocycles. The van der Waals surface area contributed by atoms with Gasteiger partial charge in [-0.05, 0) is 28.5 Å². The van der Waals surface area contributed by atoms with E-state index < -0.39 is 10.8 Å². The first kappa shape index (κ1) is 16.4. The highest BCUT2D eigenvalue weighted by Crippen LogP contribution is 2.23. The number of benzene rings is 1. The number of hydrogen-bond donors (Lipinski definition) is 1. The molecule has 2 aromatic rings. The van der Waals surface area contributed by atoms with Crippen LogP contribution in [0.25, 0.3) is 0 Å². The summed E-state index contributed by atoms with van der Waals surface area (Å²) < 4.78 is 5.33. The van der Waals surface area contributed by atoms with Crippen molar-refractivity contribution < 1.29 is 14.5 Å². The molecule has 116 valence electrons. The van der Waals surface area contributed by atoms with E-state index in [4.69, 9.17) is 16.3 Å². The molecule has 0 bridgehead atoms. The van der Waals surface area contributed by atoms with E-state index in [0.29, 0.717) is 0 Å². The molecule has 2 rings (SSSR count). The van der Waals surface area contributed by atoms with Gasteiger partial charge in [0.1, 0.15) is 6.10 Å². The van der Waals surface area contributed by atoms with Gasteiger partial charge in [0.15, 0.2) is 0 Å². The smallest absolute Gasteiger partial charge is 0.270 e. The predicted octanol–water partition coefficient (Wildman–Crippen LogP) is 3.43. The highest BCUT2D eigenvalue weighted by molar-refractivity contribution is 7.07. The first-order chi connectivity index (χ1) is 10.5. The Morgan fingerprint density at radius 1 is 1.50 bits per heavy atom. The van der Waals surface area contributed by atoms with Gasteiger partial charge in [0.25, 0.3) is 11.6 Å². The maximum absolute atomic E-state index is 12.1. The molecule has 0 aliphatic heterocycles. The van der Waals surface area contributed by atoms with Gasteiger partial charge in [0.05, 0.1) is 15.5 Å². The van der Waals surface area contributed by atoms with Crippen molar-refractivity contribution >= 4 is 34.5 Å². The minimum Gasteiger partial charge on any atom is -0.375 e. The summed E-state index contributed by atoms with van der Waals surface area (Å²) in [5.74, 6) is -0.405. The molecule has 1 unspecified atom stereocenters. The van der Waals surface area contributed by atoms with Crippen LogP contribution in [0.2, 0.25) is 5.02 Å². The third-order valence-electron chi connectivity index (χ3n) is 3.06. The van der Waals surface area contributed by atoms with Crippen LogP contribution in [0.5, 0.6) is 0 Å². The third kappa shape index (κ3) is 3.82. The van der Waals surface area contributed by atoms with Crippen LogP contribution < -0.4 is 5.32 Å². The van der Waals surface area contributed by atoms with Crippen LogP contribution >= 0.6 is 22.9 Å². The zero-order valence-corrected chi connectivity index (χ0v) is 13.2. The number of thiophene rings is 1. The Bertz CT molecular complexity index is 675. The molecule has 1 N–H and O–H groups in total. The highest BCUT2D eigenvalue weighted by Gasteiger charge is 2.17. The van der Waals surface area contributed by atoms with Gasteiger partial charge in [-0.25, -0.2) is 0 Å². The van der Waals surface area contributed by atoms with E-state index in [0.717, 1.165) is 11.6 Å². The number of carbonyl (C=O) groups is 1. The molecule has 22 heavy (non-hydrogen) atoms. The highest BCUT2D eigenvalue weighted by atomic mass is 35.5. The summed E-state index contributed by atoms with van der Waals surface area (Å²) in [7, 11) is 1.56. The number of nitro groups is 1. The van der Waals surface area contributed by atoms with Gasteiger partial charge in [-0.2, -0.15) is 11.3 Å². The van der Waals surface area contributed by atoms with Gasteiger partial charge in [-0.15, -0.1) is 0 Å². The normalized spacial score (nSPS) is 11.9. The quantitative estimate of drug-likeness (QED) is 0.645. The average Bonchev–Trinajstić information content (AvgIpc) is 3.01. The Morgan fingerprint density at radius 2 is 2.27 bits per heavy atom. The second kappa shape index (κ2) is 7.35. The molecule has 0 fully saturated rings. The molecule has 1 heterocycles. The lowest BCUT2D eigenvalue weighted by Crippen LogP contribution is -2.29. The molecular formula is C14H13ClN2O4S. The number of nitro benzene ring substituents is 1. The van der Waals surface area contributed by atoms with Crippen molar-refractivity contribution in [1.82, 2.24) is 5.32 Å². The molecule has 0 saturated carbocycles. The molecule has 0 aliphatic carbocycles. The number of carbonyl (C=O) groups excluding carboxylic acids is 1. The van der Waals surface area contributed by atoms with Crippen molar-refractivity contribution in [3.63, 3.8) is 0 Å². The van der Waals surface area contributed by atoms with Crippen LogP contribution in [-0.2, 0) is 4.74 Å². The van der Waals surface area contributed by atoms with Gasteiger partial charge in [0, 0.05) is 25.8 Å². The van der Waals surface area contributed by atoms with E-state index in [2.05, 4.69) is 5.32 Å². The van der Waals surface area contributed by atoms with Gasteiger partial charge < -0.3 is 10.1 Å². The van der Waals surface area contributed by atoms with E-state index in [-0.39, 0.29) is 28.9 Å². The largest absolute Gasteiger partial charge is 0.375 e. The molecule has 6 nitrogen and oxygen atoms in total. The van der Waals surface area contributed by atoms with Crippen LogP contribution in [0, 0.1) is 10.1 Å². The van der Waals surface area contributed by atoms with Gasteiger partial charge in [-0.3, -0.25) is 14.9 Å². The molecule has 0 saturated heterocycles. The third-order valence-corrected chi connectivity index (χ3v) is 4.07. The van der Waals surface area contributed by atoms with Crippen molar-refractivity contribution in [3.05, 3.63) is 61.3 Å². The van der Waals surface area contributed by atoms with Crippen LogP contribution in [0.3, 0.4) is 0 Å². The van der Waals surface area contributed by atoms with Crippen LogP contribution in [-0.4, -0.2) is 24.5 Å². The second-order valence-corrected chi connectivity index (χ2v) is 5.60. The van der Waals surface area contributed by atoms with Crippen molar-refractivity contribution in [2.45, 2.75) is 6.10 Å². The fraction of sp³-hybridized carbons (Fsp3) is 0.214. The lowest BCUT2D eigenvalue weighted by Gasteiger charge is -2.15. The zero-order chi connectivity index (χ0) is 16.1. The number of hydrogen-bond acceptors (Lipinski definition) is 5. The topological polar surface area (TPSA) is 81.5 Å². The predicted molar refractivity (Wildman–Crippen MR) is 84.5 cm³/mol. The molecular weight excluding hydrogens is 328 g/mol. The maximum atomic E-state index is 12.1. The van der Waals surface area contributed by atoms with Crippen molar-refractivity contribution in [3.8, 4) is 0 Å². The fourth-order valence-corrected chi connectivity index (χ4v) is 2.84. The summed E-state index contributed by atoms with van der Waals surface area (Å²) in [6.07, 6.45) is -0.257. The average molecular weight is 341 g/mol. The van der Waals surface area contributed by atoms with E-state index in [1.54, 1.807) is 18.4 Å². The van der Waals surface area contributed by atoms with Gasteiger partial charge >= 0.3 is 0 Å². The molecule has 0 spiro atoms. The summed E-state index contributed by atoms with van der Waals surface area (Å²) in [6.45, 7) is 0.277. The molecule has 1 aromatic carbocycles. The number of rotatable bonds is 6. The minimum absolute atomic E-state index is 0.0381. The Labute approximate surface area is 135 Å². The monoisotopic (exact) mass is 340 g/mol. The summed E-state index contributed by atoms with van der Waals surface area (Å²) in [6, 6.07) is 5.66. The number of halogens is 1. The summed E-state index contributed by atoms with van der Waals surface area (Å²) in [4.78, 5) is 22.2. The lowest BCUT2D eigenvalue weighted by molar-refractivity contribution is -0.384. The van der Waals surface area contributed by atoms with E-state index in [1.807, 2.05) is 16.8 Å². The van der Waals surface area contributed by atoms with Crippen LogP contribution in [0.1, 0.15) is 22.0 Å². The SMILES string of the molecule is COC(CNC(=O)c1ccc([N+](=O)[O-])cc1Cl)c1ccsc1. The number of non-ortho nitro benzene ring substituents is 1. The standard InChI is InChI=1S/C14H13ClN2O4S/c1-21-13(9-4-5-22-8-9)7-16-14(18)11-3-2-10(17(19)20)6-12(11)15/h2-6,8,13H,7H2,1H3,(H,16,18). The summed E-state index contributed by atoms with van der Waals surface area (Å²) >= 11 is 7.47. The van der Waals surface area contributed by atoms with E-state index >= 15 is 0 Å². The molecule has 8 heteroatoms. The van der Waals surface area contributed by atoms with Crippen LogP contribution in [0.15, 0.2) is 35.0 Å². The van der Waals surface area contributed by atoms with Crippen molar-refractivity contribution in [2.24, 2.45) is 0 Å². The zero-order valence-electron chi connectivity index (χ0n) is 11.6. The Kier molecular flexibility index (Phi) is 5.48. The van der Waals surface area contributed by atoms with E-state index in [9.17, 15) is 14.9 Å². The first-order valence-electron chi connectivity index (χ1n) is 6.30. The van der Waals surface area contributed by atoms with E-state index in [1.165, 1.54) is 12.1 Å². The molecule has 0 aliphatic rings. The lowest BCUT2D eigenvalue weighted by atomic mass is 10.1. The fourth-order valence-electron chi connectivity index (χ4n) is 1.88. The summed E-state index contributed by atoms with van der Waals surface area (Å²) in [5.41, 5.74) is 1.00. The molecule has 1 amide bonds. The van der Waals surface area contributed by atoms with Gasteiger partial charge in [-0.1, -0.05) is 11.6 Å². The maximum Gasteiger partial charge on any atom is 0.270 e. The number of methoxy groups -OCH3 is 1. The first-order valence-corrected chi connectivity index (χ1v) is 7.62. The second-order valence-electron chi connectivity index (χ2n) is 4.41.